The number of benzene rings is 1. The van der Waals surface area contributed by atoms with E-state index in [0.717, 1.165) is 22.3 Å². The Labute approximate surface area is 116 Å². The van der Waals surface area contributed by atoms with Crippen LogP contribution in [0.25, 0.3) is 0 Å². The lowest BCUT2D eigenvalue weighted by Crippen LogP contribution is -2.09. The zero-order valence-corrected chi connectivity index (χ0v) is 12.2. The fourth-order valence-corrected chi connectivity index (χ4v) is 1.93. The molecular formula is C13H18BrNO3. The summed E-state index contributed by atoms with van der Waals surface area (Å²) < 4.78 is 11.3. The molecule has 0 aliphatic heterocycles. The number of carbonyl (C=O) groups is 1. The molecule has 1 aromatic carbocycles. The number of hydrogen-bond acceptors (Lipinski definition) is 4. The van der Waals surface area contributed by atoms with Crippen molar-refractivity contribution in [3.63, 3.8) is 0 Å². The molecule has 0 saturated heterocycles. The molecule has 0 bridgehead atoms. The van der Waals surface area contributed by atoms with Crippen LogP contribution >= 0.6 is 15.9 Å². The second-order valence-electron chi connectivity index (χ2n) is 3.81. The molecule has 5 heteroatoms. The summed E-state index contributed by atoms with van der Waals surface area (Å²) in [6.45, 7) is 1.25. The average Bonchev–Trinajstić information content (AvgIpc) is 2.36. The normalized spacial score (nSPS) is 10.2. The van der Waals surface area contributed by atoms with Crippen molar-refractivity contribution in [1.29, 1.82) is 0 Å². The van der Waals surface area contributed by atoms with Crippen molar-refractivity contribution in [2.45, 2.75) is 19.4 Å². The Hall–Kier alpha value is -1.07. The van der Waals surface area contributed by atoms with Crippen LogP contribution in [-0.2, 0) is 16.1 Å². The maximum atomic E-state index is 10.9. The minimum absolute atomic E-state index is 0.204. The Bertz CT molecular complexity index is 396. The Balaban J connectivity index is 2.48. The average molecular weight is 316 g/mol. The van der Waals surface area contributed by atoms with Crippen molar-refractivity contribution in [2.24, 2.45) is 0 Å². The summed E-state index contributed by atoms with van der Waals surface area (Å²) in [6.07, 6.45) is 1.04. The summed E-state index contributed by atoms with van der Waals surface area (Å²) in [4.78, 5) is 10.9. The summed E-state index contributed by atoms with van der Waals surface area (Å²) >= 11 is 3.43. The summed E-state index contributed by atoms with van der Waals surface area (Å²) in [7, 11) is 3.28. The predicted molar refractivity (Wildman–Crippen MR) is 73.7 cm³/mol. The highest BCUT2D eigenvalue weighted by molar-refractivity contribution is 9.10. The van der Waals surface area contributed by atoms with Crippen molar-refractivity contribution < 1.29 is 14.3 Å². The van der Waals surface area contributed by atoms with E-state index in [2.05, 4.69) is 26.0 Å². The third kappa shape index (κ3) is 5.06. The molecular weight excluding hydrogens is 298 g/mol. The Morgan fingerprint density at radius 1 is 1.44 bits per heavy atom. The van der Waals surface area contributed by atoms with E-state index < -0.39 is 0 Å². The van der Waals surface area contributed by atoms with Crippen molar-refractivity contribution in [1.82, 2.24) is 5.32 Å². The smallest absolute Gasteiger partial charge is 0.305 e. The molecule has 1 N–H and O–H groups in total. The van der Waals surface area contributed by atoms with Crippen LogP contribution in [0.5, 0.6) is 5.75 Å². The maximum absolute atomic E-state index is 10.9. The quantitative estimate of drug-likeness (QED) is 0.620. The number of methoxy groups -OCH3 is 1. The molecule has 1 rings (SSSR count). The summed E-state index contributed by atoms with van der Waals surface area (Å²) in [6, 6.07) is 5.88. The fourth-order valence-electron chi connectivity index (χ4n) is 1.52. The zero-order valence-electron chi connectivity index (χ0n) is 10.7. The van der Waals surface area contributed by atoms with Gasteiger partial charge in [0.1, 0.15) is 5.75 Å². The van der Waals surface area contributed by atoms with E-state index in [1.807, 2.05) is 25.2 Å². The molecule has 1 aromatic rings. The van der Waals surface area contributed by atoms with Crippen molar-refractivity contribution >= 4 is 21.9 Å². The first-order valence-corrected chi connectivity index (χ1v) is 6.59. The number of carbonyl (C=O) groups excluding carboxylic acids is 1. The van der Waals surface area contributed by atoms with E-state index in [9.17, 15) is 4.79 Å². The second kappa shape index (κ2) is 8.11. The van der Waals surface area contributed by atoms with E-state index in [-0.39, 0.29) is 5.97 Å². The van der Waals surface area contributed by atoms with E-state index in [1.165, 1.54) is 7.11 Å². The van der Waals surface area contributed by atoms with Gasteiger partial charge >= 0.3 is 5.97 Å². The largest absolute Gasteiger partial charge is 0.493 e. The van der Waals surface area contributed by atoms with Gasteiger partial charge in [-0.2, -0.15) is 0 Å². The lowest BCUT2D eigenvalue weighted by molar-refractivity contribution is -0.140. The van der Waals surface area contributed by atoms with Gasteiger partial charge in [-0.1, -0.05) is 15.9 Å². The molecule has 0 radical (unpaired) electrons. The molecule has 0 unspecified atom stereocenters. The van der Waals surface area contributed by atoms with Crippen LogP contribution in [-0.4, -0.2) is 26.7 Å². The summed E-state index contributed by atoms with van der Waals surface area (Å²) in [5.74, 6) is 0.641. The molecule has 0 aromatic heterocycles. The highest BCUT2D eigenvalue weighted by Crippen LogP contribution is 2.23. The van der Waals surface area contributed by atoms with Crippen molar-refractivity contribution in [3.8, 4) is 5.75 Å². The molecule has 18 heavy (non-hydrogen) atoms. The lowest BCUT2D eigenvalue weighted by atomic mass is 10.2. The van der Waals surface area contributed by atoms with E-state index >= 15 is 0 Å². The van der Waals surface area contributed by atoms with Crippen LogP contribution in [0, 0.1) is 0 Å². The number of ether oxygens (including phenoxy) is 2. The van der Waals surface area contributed by atoms with Crippen LogP contribution in [0.2, 0.25) is 0 Å². The minimum atomic E-state index is -0.204. The van der Waals surface area contributed by atoms with Crippen LogP contribution in [0.4, 0.5) is 0 Å². The summed E-state index contributed by atoms with van der Waals surface area (Å²) in [5.41, 5.74) is 1.09. The molecule has 0 atom stereocenters. The van der Waals surface area contributed by atoms with Gasteiger partial charge in [-0.3, -0.25) is 4.79 Å². The van der Waals surface area contributed by atoms with E-state index in [0.29, 0.717) is 19.4 Å². The Kier molecular flexibility index (Phi) is 6.75. The molecule has 0 amide bonds. The first-order chi connectivity index (χ1) is 8.67. The molecule has 0 aliphatic carbocycles. The van der Waals surface area contributed by atoms with Gasteiger partial charge in [-0.25, -0.2) is 0 Å². The van der Waals surface area contributed by atoms with Gasteiger partial charge in [0.25, 0.3) is 0 Å². The number of rotatable bonds is 7. The first-order valence-electron chi connectivity index (χ1n) is 5.80. The monoisotopic (exact) mass is 315 g/mol. The standard InChI is InChI=1S/C13H18BrNO3/c1-15-9-10-8-11(14)5-6-12(10)18-7-3-4-13(16)17-2/h5-6,8,15H,3-4,7,9H2,1-2H3. The highest BCUT2D eigenvalue weighted by Gasteiger charge is 2.05. The minimum Gasteiger partial charge on any atom is -0.493 e. The van der Waals surface area contributed by atoms with Gasteiger partial charge in [-0.05, 0) is 31.7 Å². The van der Waals surface area contributed by atoms with E-state index in [4.69, 9.17) is 4.74 Å². The first kappa shape index (κ1) is 15.0. The number of esters is 1. The topological polar surface area (TPSA) is 47.6 Å². The Morgan fingerprint density at radius 2 is 2.22 bits per heavy atom. The molecule has 0 heterocycles. The van der Waals surface area contributed by atoms with Crippen LogP contribution in [0.15, 0.2) is 22.7 Å². The molecule has 100 valence electrons. The second-order valence-corrected chi connectivity index (χ2v) is 4.73. The highest BCUT2D eigenvalue weighted by atomic mass is 79.9. The molecule has 0 aliphatic rings. The molecule has 0 saturated carbocycles. The Morgan fingerprint density at radius 3 is 2.89 bits per heavy atom. The molecule has 0 fully saturated rings. The van der Waals surface area contributed by atoms with E-state index in [1.54, 1.807) is 0 Å². The zero-order chi connectivity index (χ0) is 13.4. The third-order valence-electron chi connectivity index (χ3n) is 2.40. The van der Waals surface area contributed by atoms with Crippen molar-refractivity contribution in [2.75, 3.05) is 20.8 Å². The van der Waals surface area contributed by atoms with Gasteiger partial charge < -0.3 is 14.8 Å². The van der Waals surface area contributed by atoms with Gasteiger partial charge in [-0.15, -0.1) is 0 Å². The number of halogens is 1. The van der Waals surface area contributed by atoms with Crippen LogP contribution < -0.4 is 10.1 Å². The lowest BCUT2D eigenvalue weighted by Gasteiger charge is -2.11. The number of nitrogens with one attached hydrogen (secondary N) is 1. The number of hydrogen-bond donors (Lipinski definition) is 1. The van der Waals surface area contributed by atoms with Gasteiger partial charge in [0.15, 0.2) is 0 Å². The van der Waals surface area contributed by atoms with Gasteiger partial charge in [0, 0.05) is 23.0 Å². The third-order valence-corrected chi connectivity index (χ3v) is 2.89. The summed E-state index contributed by atoms with van der Waals surface area (Å²) in [5, 5.41) is 3.09. The van der Waals surface area contributed by atoms with Crippen LogP contribution in [0.1, 0.15) is 18.4 Å². The SMILES string of the molecule is CNCc1cc(Br)ccc1OCCCC(=O)OC. The van der Waals surface area contributed by atoms with Gasteiger partial charge in [0.2, 0.25) is 0 Å². The van der Waals surface area contributed by atoms with Gasteiger partial charge in [0.05, 0.1) is 13.7 Å². The van der Waals surface area contributed by atoms with Crippen molar-refractivity contribution in [3.05, 3.63) is 28.2 Å². The molecule has 0 spiro atoms. The molecule has 4 nitrogen and oxygen atoms in total. The maximum Gasteiger partial charge on any atom is 0.305 e. The predicted octanol–water partition coefficient (Wildman–Crippen LogP) is 2.50. The fraction of sp³-hybridized carbons (Fsp3) is 0.462. The van der Waals surface area contributed by atoms with Crippen LogP contribution in [0.3, 0.4) is 0 Å².